The molecule has 0 unspecified atom stereocenters. The van der Waals surface area contributed by atoms with E-state index in [1.165, 1.54) is 11.1 Å². The van der Waals surface area contributed by atoms with Crippen LogP contribution in [0.5, 0.6) is 0 Å². The molecule has 0 spiro atoms. The first kappa shape index (κ1) is 30.9. The van der Waals surface area contributed by atoms with Gasteiger partial charge in [0.15, 0.2) is 0 Å². The highest BCUT2D eigenvalue weighted by molar-refractivity contribution is 5.95. The normalized spacial score (nSPS) is 13.5. The molecule has 0 radical (unpaired) electrons. The minimum atomic E-state index is -0.923. The lowest BCUT2D eigenvalue weighted by Crippen LogP contribution is -2.37. The average Bonchev–Trinajstić information content (AvgIpc) is 3.04. The predicted molar refractivity (Wildman–Crippen MR) is 174 cm³/mol. The molecule has 1 saturated heterocycles. The molecule has 7 heteroatoms. The van der Waals surface area contributed by atoms with Gasteiger partial charge in [0.2, 0.25) is 5.95 Å². The van der Waals surface area contributed by atoms with Crippen LogP contribution in [0.2, 0.25) is 0 Å². The molecule has 0 aliphatic carbocycles. The van der Waals surface area contributed by atoms with E-state index >= 15 is 0 Å². The second kappa shape index (κ2) is 15.3. The Hall–Kier alpha value is -4.52. The Kier molecular flexibility index (Phi) is 10.7. The highest BCUT2D eigenvalue weighted by atomic mass is 16.4. The smallest absolute Gasteiger partial charge is 0.305 e. The Morgan fingerprint density at radius 1 is 0.886 bits per heavy atom. The molecule has 1 aliphatic rings. The van der Waals surface area contributed by atoms with Gasteiger partial charge >= 0.3 is 5.97 Å². The molecule has 0 saturated carbocycles. The topological polar surface area (TPSA) is 86.6 Å². The maximum atomic E-state index is 14.0. The number of anilines is 1. The summed E-state index contributed by atoms with van der Waals surface area (Å²) >= 11 is 0. The van der Waals surface area contributed by atoms with Gasteiger partial charge in [-0.05, 0) is 61.6 Å². The van der Waals surface area contributed by atoms with Gasteiger partial charge in [-0.3, -0.25) is 9.59 Å². The maximum Gasteiger partial charge on any atom is 0.305 e. The summed E-state index contributed by atoms with van der Waals surface area (Å²) in [5.74, 6) is 0.145. The molecule has 1 fully saturated rings. The lowest BCUT2D eigenvalue weighted by molar-refractivity contribution is -0.137. The lowest BCUT2D eigenvalue weighted by atomic mass is 9.90. The van der Waals surface area contributed by atoms with Gasteiger partial charge in [-0.15, -0.1) is 0 Å². The molecule has 0 atom stereocenters. The van der Waals surface area contributed by atoms with Crippen LogP contribution in [-0.2, 0) is 24.1 Å². The molecule has 228 valence electrons. The van der Waals surface area contributed by atoms with Gasteiger partial charge in [0.05, 0.1) is 17.7 Å². The number of aromatic nitrogens is 2. The summed E-state index contributed by atoms with van der Waals surface area (Å²) in [6, 6.07) is 29.0. The molecule has 44 heavy (non-hydrogen) atoms. The number of aliphatic carboxylic acids is 1. The van der Waals surface area contributed by atoms with E-state index in [4.69, 9.17) is 9.97 Å². The quantitative estimate of drug-likeness (QED) is 0.194. The molecule has 1 aromatic heterocycles. The van der Waals surface area contributed by atoms with Crippen molar-refractivity contribution < 1.29 is 14.7 Å². The fourth-order valence-corrected chi connectivity index (χ4v) is 6.01. The number of nitrogens with zero attached hydrogens (tertiary/aromatic N) is 4. The standard InChI is InChI=1S/C37H42N4O3/c1-28-10-8-15-32(24-28)26-34-33(36(44)40(23-19-35(42)43)20-9-16-29-11-4-2-5-12-29)27-38-37(39-34)41-21-17-31(18-22-41)25-30-13-6-3-7-14-30/h2-8,10-15,24,27,31H,9,16-23,25-26H2,1H3,(H,42,43). The summed E-state index contributed by atoms with van der Waals surface area (Å²) in [5.41, 5.74) is 5.92. The number of carbonyl (C=O) groups is 2. The Balaban J connectivity index is 1.34. The number of hydrogen-bond acceptors (Lipinski definition) is 5. The zero-order valence-electron chi connectivity index (χ0n) is 25.6. The molecular weight excluding hydrogens is 548 g/mol. The molecule has 5 rings (SSSR count). The summed E-state index contributed by atoms with van der Waals surface area (Å²) in [6.07, 6.45) is 6.81. The molecule has 7 nitrogen and oxygen atoms in total. The molecule has 1 N–H and O–H groups in total. The number of carboxylic acid groups (broad SMARTS) is 1. The van der Waals surface area contributed by atoms with E-state index in [-0.39, 0.29) is 18.9 Å². The van der Waals surface area contributed by atoms with Gasteiger partial charge in [-0.1, -0.05) is 90.5 Å². The SMILES string of the molecule is Cc1cccc(Cc2nc(N3CCC(Cc4ccccc4)CC3)ncc2C(=O)N(CCCc2ccccc2)CCC(=O)O)c1. The summed E-state index contributed by atoms with van der Waals surface area (Å²) in [5, 5.41) is 9.41. The van der Waals surface area contributed by atoms with Crippen molar-refractivity contribution in [1.29, 1.82) is 0 Å². The van der Waals surface area contributed by atoms with Gasteiger partial charge in [0, 0.05) is 38.8 Å². The number of hydrogen-bond donors (Lipinski definition) is 1. The van der Waals surface area contributed by atoms with Crippen molar-refractivity contribution in [3.8, 4) is 0 Å². The van der Waals surface area contributed by atoms with E-state index in [0.29, 0.717) is 36.1 Å². The average molecular weight is 591 g/mol. The van der Waals surface area contributed by atoms with Crippen LogP contribution in [0.4, 0.5) is 5.95 Å². The molecule has 4 aromatic rings. The minimum Gasteiger partial charge on any atom is -0.481 e. The van der Waals surface area contributed by atoms with Crippen molar-refractivity contribution in [1.82, 2.24) is 14.9 Å². The van der Waals surface area contributed by atoms with Gasteiger partial charge in [-0.2, -0.15) is 0 Å². The number of amides is 1. The summed E-state index contributed by atoms with van der Waals surface area (Å²) in [6.45, 7) is 4.41. The first-order chi connectivity index (χ1) is 21.4. The van der Waals surface area contributed by atoms with E-state index in [1.54, 1.807) is 11.1 Å². The van der Waals surface area contributed by atoms with Crippen LogP contribution in [0.3, 0.4) is 0 Å². The molecule has 1 amide bonds. The van der Waals surface area contributed by atoms with Crippen LogP contribution in [0, 0.1) is 12.8 Å². The van der Waals surface area contributed by atoms with Crippen LogP contribution in [0.15, 0.2) is 91.1 Å². The number of aryl methyl sites for hydroxylation is 2. The molecule has 2 heterocycles. The summed E-state index contributed by atoms with van der Waals surface area (Å²) in [7, 11) is 0. The van der Waals surface area contributed by atoms with Gasteiger partial charge in [-0.25, -0.2) is 9.97 Å². The number of piperidine rings is 1. The predicted octanol–water partition coefficient (Wildman–Crippen LogP) is 6.38. The van der Waals surface area contributed by atoms with E-state index < -0.39 is 5.97 Å². The summed E-state index contributed by atoms with van der Waals surface area (Å²) in [4.78, 5) is 39.1. The van der Waals surface area contributed by atoms with Crippen LogP contribution in [0.1, 0.15) is 64.0 Å². The Morgan fingerprint density at radius 3 is 2.25 bits per heavy atom. The fraction of sp³-hybridized carbons (Fsp3) is 0.351. The van der Waals surface area contributed by atoms with Crippen LogP contribution >= 0.6 is 0 Å². The number of rotatable bonds is 13. The zero-order valence-corrected chi connectivity index (χ0v) is 25.6. The third kappa shape index (κ3) is 8.75. The van der Waals surface area contributed by atoms with Gasteiger partial charge in [0.1, 0.15) is 0 Å². The van der Waals surface area contributed by atoms with E-state index in [1.807, 2.05) is 24.3 Å². The van der Waals surface area contributed by atoms with Crippen molar-refractivity contribution in [2.75, 3.05) is 31.1 Å². The first-order valence-corrected chi connectivity index (χ1v) is 15.7. The summed E-state index contributed by atoms with van der Waals surface area (Å²) < 4.78 is 0. The van der Waals surface area contributed by atoms with Crippen LogP contribution in [0.25, 0.3) is 0 Å². The number of carboxylic acids is 1. The number of carbonyl (C=O) groups excluding carboxylic acids is 1. The Morgan fingerprint density at radius 2 is 1.57 bits per heavy atom. The largest absolute Gasteiger partial charge is 0.481 e. The Bertz CT molecular complexity index is 1520. The zero-order chi connectivity index (χ0) is 30.7. The van der Waals surface area contributed by atoms with Crippen LogP contribution in [-0.4, -0.2) is 58.0 Å². The maximum absolute atomic E-state index is 14.0. The van der Waals surface area contributed by atoms with Crippen molar-refractivity contribution in [3.05, 3.63) is 125 Å². The van der Waals surface area contributed by atoms with Crippen molar-refractivity contribution in [3.63, 3.8) is 0 Å². The second-order valence-corrected chi connectivity index (χ2v) is 11.8. The number of benzene rings is 3. The van der Waals surface area contributed by atoms with E-state index in [0.717, 1.165) is 56.3 Å². The molecule has 0 bridgehead atoms. The molecule has 1 aliphatic heterocycles. The van der Waals surface area contributed by atoms with Gasteiger partial charge < -0.3 is 14.9 Å². The van der Waals surface area contributed by atoms with E-state index in [9.17, 15) is 14.7 Å². The first-order valence-electron chi connectivity index (χ1n) is 15.7. The monoisotopic (exact) mass is 590 g/mol. The fourth-order valence-electron chi connectivity index (χ4n) is 6.01. The van der Waals surface area contributed by atoms with Crippen molar-refractivity contribution in [2.24, 2.45) is 5.92 Å². The Labute approximate surface area is 260 Å². The minimum absolute atomic E-state index is 0.110. The highest BCUT2D eigenvalue weighted by Crippen LogP contribution is 2.26. The third-order valence-corrected chi connectivity index (χ3v) is 8.42. The van der Waals surface area contributed by atoms with Crippen molar-refractivity contribution in [2.45, 2.75) is 51.9 Å². The highest BCUT2D eigenvalue weighted by Gasteiger charge is 2.25. The second-order valence-electron chi connectivity index (χ2n) is 11.8. The molecule has 3 aromatic carbocycles. The van der Waals surface area contributed by atoms with Crippen LogP contribution < -0.4 is 4.90 Å². The third-order valence-electron chi connectivity index (χ3n) is 8.42. The van der Waals surface area contributed by atoms with Gasteiger partial charge in [0.25, 0.3) is 5.91 Å². The molecular formula is C37H42N4O3. The van der Waals surface area contributed by atoms with Crippen molar-refractivity contribution >= 4 is 17.8 Å². The lowest BCUT2D eigenvalue weighted by Gasteiger charge is -2.32. The van der Waals surface area contributed by atoms with E-state index in [2.05, 4.69) is 72.5 Å².